The molecule has 0 atom stereocenters. The van der Waals surface area contributed by atoms with Gasteiger partial charge in [-0.05, 0) is 43.3 Å². The lowest BCUT2D eigenvalue weighted by Crippen LogP contribution is -2.37. The highest BCUT2D eigenvalue weighted by molar-refractivity contribution is 6.30. The average Bonchev–Trinajstić information content (AvgIpc) is 2.72. The van der Waals surface area contributed by atoms with Gasteiger partial charge in [-0.3, -0.25) is 13.9 Å². The Labute approximate surface area is 171 Å². The average molecular weight is 415 g/mol. The molecule has 0 spiro atoms. The number of carbonyl (C=O) groups is 1. The molecule has 8 nitrogen and oxygen atoms in total. The summed E-state index contributed by atoms with van der Waals surface area (Å²) in [6.45, 7) is 1.86. The minimum Gasteiger partial charge on any atom is -0.462 e. The summed E-state index contributed by atoms with van der Waals surface area (Å²) in [5.74, 6) is -0.607. The summed E-state index contributed by atoms with van der Waals surface area (Å²) in [7, 11) is 2.89. The van der Waals surface area contributed by atoms with Crippen molar-refractivity contribution in [2.75, 3.05) is 11.9 Å². The van der Waals surface area contributed by atoms with Crippen molar-refractivity contribution >= 4 is 40.4 Å². The number of benzene rings is 1. The molecule has 2 aromatic heterocycles. The van der Waals surface area contributed by atoms with Crippen molar-refractivity contribution in [2.45, 2.75) is 6.92 Å². The van der Waals surface area contributed by atoms with Gasteiger partial charge in [-0.15, -0.1) is 0 Å². The van der Waals surface area contributed by atoms with E-state index < -0.39 is 17.2 Å². The summed E-state index contributed by atoms with van der Waals surface area (Å²) < 4.78 is 7.32. The molecule has 0 bridgehead atoms. The predicted octanol–water partition coefficient (Wildman–Crippen LogP) is 2.55. The summed E-state index contributed by atoms with van der Waals surface area (Å²) in [4.78, 5) is 41.5. The summed E-state index contributed by atoms with van der Waals surface area (Å²) in [5.41, 5.74) is 0.316. The minimum absolute atomic E-state index is 0.129. The van der Waals surface area contributed by atoms with Gasteiger partial charge in [0, 0.05) is 31.0 Å². The van der Waals surface area contributed by atoms with Crippen LogP contribution in [0, 0.1) is 0 Å². The second kappa shape index (κ2) is 8.32. The van der Waals surface area contributed by atoms with E-state index in [9.17, 15) is 14.4 Å². The molecule has 0 aliphatic rings. The van der Waals surface area contributed by atoms with Crippen molar-refractivity contribution in [3.63, 3.8) is 0 Å². The molecule has 0 aliphatic heterocycles. The molecule has 0 aliphatic carbocycles. The number of esters is 1. The van der Waals surface area contributed by atoms with Crippen LogP contribution in [0.5, 0.6) is 0 Å². The van der Waals surface area contributed by atoms with Crippen molar-refractivity contribution in [3.05, 3.63) is 73.6 Å². The highest BCUT2D eigenvalue weighted by Crippen LogP contribution is 2.17. The number of fused-ring (bicyclic) bond motifs is 1. The summed E-state index contributed by atoms with van der Waals surface area (Å²) >= 11 is 5.87. The van der Waals surface area contributed by atoms with Crippen LogP contribution in [0.4, 0.5) is 5.69 Å². The number of rotatable bonds is 5. The Bertz CT molecular complexity index is 1230. The fourth-order valence-corrected chi connectivity index (χ4v) is 2.90. The maximum Gasteiger partial charge on any atom is 0.340 e. The van der Waals surface area contributed by atoms with Crippen LogP contribution in [-0.4, -0.2) is 26.7 Å². The first-order valence-electron chi connectivity index (χ1n) is 8.80. The molecule has 29 heavy (non-hydrogen) atoms. The van der Waals surface area contributed by atoms with Gasteiger partial charge in [0.15, 0.2) is 0 Å². The molecule has 0 unspecified atom stereocenters. The number of ether oxygens (including phenoxy) is 1. The van der Waals surface area contributed by atoms with E-state index in [0.717, 1.165) is 10.3 Å². The summed E-state index contributed by atoms with van der Waals surface area (Å²) in [6, 6.07) is 8.47. The quantitative estimate of drug-likeness (QED) is 0.644. The standard InChI is InChI=1S/C20H19ClN4O4/c1-4-29-19(27)14-11-15-17(24(2)20(28)25(3)18(15)26)23-16(14)9-10-22-13-7-5-12(21)6-8-13/h5-11,22H,4H2,1-3H3. The Morgan fingerprint density at radius 3 is 2.55 bits per heavy atom. The van der Waals surface area contributed by atoms with Crippen LogP contribution < -0.4 is 16.6 Å². The van der Waals surface area contributed by atoms with E-state index in [1.165, 1.54) is 24.7 Å². The van der Waals surface area contributed by atoms with Gasteiger partial charge in [0.05, 0.1) is 23.3 Å². The van der Waals surface area contributed by atoms with Gasteiger partial charge in [0.2, 0.25) is 0 Å². The van der Waals surface area contributed by atoms with Crippen molar-refractivity contribution < 1.29 is 9.53 Å². The molecular formula is C20H19ClN4O4. The molecule has 0 amide bonds. The zero-order valence-electron chi connectivity index (χ0n) is 16.1. The third kappa shape index (κ3) is 4.07. The SMILES string of the molecule is CCOC(=O)c1cc2c(=O)n(C)c(=O)n(C)c2nc1C=CNc1ccc(Cl)cc1. The normalized spacial score (nSPS) is 11.2. The molecular weight excluding hydrogens is 396 g/mol. The highest BCUT2D eigenvalue weighted by atomic mass is 35.5. The number of nitrogens with zero attached hydrogens (tertiary/aromatic N) is 3. The molecule has 0 saturated heterocycles. The van der Waals surface area contributed by atoms with Crippen LogP contribution in [0.2, 0.25) is 5.02 Å². The van der Waals surface area contributed by atoms with Crippen LogP contribution >= 0.6 is 11.6 Å². The van der Waals surface area contributed by atoms with Crippen LogP contribution in [0.3, 0.4) is 0 Å². The number of aryl methyl sites for hydroxylation is 1. The van der Waals surface area contributed by atoms with Gasteiger partial charge in [-0.1, -0.05) is 11.6 Å². The lowest BCUT2D eigenvalue weighted by Gasteiger charge is -2.11. The molecule has 3 aromatic rings. The number of carbonyl (C=O) groups excluding carboxylic acids is 1. The molecule has 3 rings (SSSR count). The van der Waals surface area contributed by atoms with E-state index in [4.69, 9.17) is 16.3 Å². The van der Waals surface area contributed by atoms with Gasteiger partial charge in [0.1, 0.15) is 5.65 Å². The Morgan fingerprint density at radius 1 is 1.21 bits per heavy atom. The first-order valence-corrected chi connectivity index (χ1v) is 9.17. The monoisotopic (exact) mass is 414 g/mol. The molecule has 1 N–H and O–H groups in total. The number of hydrogen-bond donors (Lipinski definition) is 1. The van der Waals surface area contributed by atoms with E-state index in [1.807, 2.05) is 0 Å². The third-order valence-corrected chi connectivity index (χ3v) is 4.54. The van der Waals surface area contributed by atoms with E-state index in [1.54, 1.807) is 43.5 Å². The molecule has 2 heterocycles. The maximum atomic E-state index is 12.5. The predicted molar refractivity (Wildman–Crippen MR) is 112 cm³/mol. The molecule has 1 aromatic carbocycles. The number of pyridine rings is 1. The molecule has 0 saturated carbocycles. The van der Waals surface area contributed by atoms with Crippen LogP contribution in [0.1, 0.15) is 23.0 Å². The first-order chi connectivity index (χ1) is 13.8. The van der Waals surface area contributed by atoms with Crippen LogP contribution in [0.15, 0.2) is 46.1 Å². The largest absolute Gasteiger partial charge is 0.462 e. The topological polar surface area (TPSA) is 95.2 Å². The lowest BCUT2D eigenvalue weighted by molar-refractivity contribution is 0.0526. The van der Waals surface area contributed by atoms with Gasteiger partial charge in [0.25, 0.3) is 5.56 Å². The number of nitrogens with one attached hydrogen (secondary N) is 1. The second-order valence-electron chi connectivity index (χ2n) is 6.20. The Morgan fingerprint density at radius 2 is 1.90 bits per heavy atom. The van der Waals surface area contributed by atoms with Gasteiger partial charge in [-0.25, -0.2) is 14.6 Å². The number of halogens is 1. The first kappa shape index (κ1) is 20.3. The van der Waals surface area contributed by atoms with Crippen molar-refractivity contribution in [3.8, 4) is 0 Å². The van der Waals surface area contributed by atoms with Gasteiger partial charge >= 0.3 is 11.7 Å². The van der Waals surface area contributed by atoms with Crippen molar-refractivity contribution in [2.24, 2.45) is 14.1 Å². The van der Waals surface area contributed by atoms with E-state index >= 15 is 0 Å². The van der Waals surface area contributed by atoms with Gasteiger partial charge in [-0.2, -0.15) is 0 Å². The maximum absolute atomic E-state index is 12.5. The number of hydrogen-bond acceptors (Lipinski definition) is 6. The highest BCUT2D eigenvalue weighted by Gasteiger charge is 2.18. The van der Waals surface area contributed by atoms with E-state index in [2.05, 4.69) is 10.3 Å². The summed E-state index contributed by atoms with van der Waals surface area (Å²) in [5, 5.41) is 3.81. The molecule has 0 radical (unpaired) electrons. The van der Waals surface area contributed by atoms with Crippen molar-refractivity contribution in [1.29, 1.82) is 0 Å². The Balaban J connectivity index is 2.12. The van der Waals surface area contributed by atoms with Crippen LogP contribution in [-0.2, 0) is 18.8 Å². The van der Waals surface area contributed by atoms with Crippen molar-refractivity contribution in [1.82, 2.24) is 14.1 Å². The number of aromatic nitrogens is 3. The lowest BCUT2D eigenvalue weighted by atomic mass is 10.1. The third-order valence-electron chi connectivity index (χ3n) is 4.29. The fraction of sp³-hybridized carbons (Fsp3) is 0.200. The van der Waals surface area contributed by atoms with E-state index in [-0.39, 0.29) is 28.9 Å². The summed E-state index contributed by atoms with van der Waals surface area (Å²) in [6.07, 6.45) is 3.17. The molecule has 9 heteroatoms. The fourth-order valence-electron chi connectivity index (χ4n) is 2.78. The second-order valence-corrected chi connectivity index (χ2v) is 6.64. The molecule has 150 valence electrons. The Hall–Kier alpha value is -3.39. The van der Waals surface area contributed by atoms with Crippen LogP contribution in [0.25, 0.3) is 17.1 Å². The Kier molecular flexibility index (Phi) is 5.84. The minimum atomic E-state index is -0.607. The number of anilines is 1. The zero-order chi connectivity index (χ0) is 21.1. The van der Waals surface area contributed by atoms with Gasteiger partial charge < -0.3 is 10.1 Å². The van der Waals surface area contributed by atoms with E-state index in [0.29, 0.717) is 5.02 Å². The molecule has 0 fully saturated rings. The smallest absolute Gasteiger partial charge is 0.340 e. The zero-order valence-corrected chi connectivity index (χ0v) is 16.9.